The summed E-state index contributed by atoms with van der Waals surface area (Å²) in [6, 6.07) is 11.5. The summed E-state index contributed by atoms with van der Waals surface area (Å²) in [5, 5.41) is 12.4. The maximum atomic E-state index is 11.8. The second kappa shape index (κ2) is 6.45. The molecule has 1 aliphatic rings. The van der Waals surface area contributed by atoms with E-state index in [4.69, 9.17) is 0 Å². The largest absolute Gasteiger partial charge is 0.478 e. The molecule has 0 aliphatic carbocycles. The lowest BCUT2D eigenvalue weighted by Gasteiger charge is -2.30. The third-order valence-corrected chi connectivity index (χ3v) is 4.34. The van der Waals surface area contributed by atoms with Crippen LogP contribution in [0.15, 0.2) is 36.4 Å². The molecule has 0 unspecified atom stereocenters. The third kappa shape index (κ3) is 3.03. The van der Waals surface area contributed by atoms with Gasteiger partial charge < -0.3 is 15.3 Å². The molecule has 124 valence electrons. The highest BCUT2D eigenvalue weighted by molar-refractivity contribution is 6.03. The van der Waals surface area contributed by atoms with Crippen molar-refractivity contribution in [2.45, 2.75) is 19.9 Å². The van der Waals surface area contributed by atoms with Gasteiger partial charge in [0, 0.05) is 20.0 Å². The Hall–Kier alpha value is -2.66. The minimum absolute atomic E-state index is 0.137. The Morgan fingerprint density at radius 3 is 2.50 bits per heavy atom. The number of hydrogen-bond acceptors (Lipinski definition) is 3. The molecule has 3 rings (SSSR count). The molecule has 5 heteroatoms. The van der Waals surface area contributed by atoms with Gasteiger partial charge in [-0.15, -0.1) is 0 Å². The van der Waals surface area contributed by atoms with E-state index in [1.54, 1.807) is 6.07 Å². The van der Waals surface area contributed by atoms with Gasteiger partial charge in [0.15, 0.2) is 0 Å². The van der Waals surface area contributed by atoms with Crippen LogP contribution >= 0.6 is 0 Å². The van der Waals surface area contributed by atoms with Gasteiger partial charge in [0.2, 0.25) is 5.91 Å². The van der Waals surface area contributed by atoms with Crippen LogP contribution in [0.4, 0.5) is 5.69 Å². The number of benzene rings is 2. The number of nitrogens with zero attached hydrogens (tertiary/aromatic N) is 1. The zero-order valence-corrected chi connectivity index (χ0v) is 13.8. The molecule has 0 bridgehead atoms. The summed E-state index contributed by atoms with van der Waals surface area (Å²) >= 11 is 0. The van der Waals surface area contributed by atoms with Gasteiger partial charge in [0.25, 0.3) is 0 Å². The van der Waals surface area contributed by atoms with E-state index in [2.05, 4.69) is 10.2 Å². The molecule has 2 N–H and O–H groups in total. The van der Waals surface area contributed by atoms with Crippen molar-refractivity contribution in [2.24, 2.45) is 0 Å². The lowest BCUT2D eigenvalue weighted by molar-refractivity contribution is -0.114. The molecule has 0 saturated carbocycles. The smallest absolute Gasteiger partial charge is 0.337 e. The van der Waals surface area contributed by atoms with Crippen molar-refractivity contribution < 1.29 is 14.7 Å². The van der Waals surface area contributed by atoms with Crippen molar-refractivity contribution >= 4 is 17.6 Å². The molecular formula is C19H20N2O3. The maximum absolute atomic E-state index is 11.8. The van der Waals surface area contributed by atoms with E-state index in [9.17, 15) is 14.7 Å². The summed E-state index contributed by atoms with van der Waals surface area (Å²) < 4.78 is 0. The van der Waals surface area contributed by atoms with Crippen LogP contribution in [0, 0.1) is 0 Å². The van der Waals surface area contributed by atoms with Gasteiger partial charge >= 0.3 is 5.97 Å². The fourth-order valence-corrected chi connectivity index (χ4v) is 3.25. The number of likely N-dealkylation sites (N-methyl/N-ethyl adjacent to an activating group) is 1. The fraction of sp³-hybridized carbons (Fsp3) is 0.263. The first-order chi connectivity index (χ1) is 11.5. The number of nitrogens with one attached hydrogen (secondary N) is 1. The Balaban J connectivity index is 2.29. The zero-order chi connectivity index (χ0) is 17.3. The fourth-order valence-electron chi connectivity index (χ4n) is 3.25. The van der Waals surface area contributed by atoms with Crippen molar-refractivity contribution in [1.29, 1.82) is 0 Å². The molecule has 0 fully saturated rings. The Morgan fingerprint density at radius 1 is 1.17 bits per heavy atom. The number of carbonyl (C=O) groups is 2. The molecule has 0 spiro atoms. The lowest BCUT2D eigenvalue weighted by atomic mass is 9.87. The highest BCUT2D eigenvalue weighted by Gasteiger charge is 2.26. The maximum Gasteiger partial charge on any atom is 0.337 e. The lowest BCUT2D eigenvalue weighted by Crippen LogP contribution is -2.29. The molecule has 0 radical (unpaired) electrons. The number of carboxylic acid groups (broad SMARTS) is 1. The highest BCUT2D eigenvalue weighted by Crippen LogP contribution is 2.37. The van der Waals surface area contributed by atoms with Gasteiger partial charge in [0.1, 0.15) is 0 Å². The summed E-state index contributed by atoms with van der Waals surface area (Å²) in [7, 11) is 2.00. The topological polar surface area (TPSA) is 69.6 Å². The summed E-state index contributed by atoms with van der Waals surface area (Å²) in [4.78, 5) is 25.5. The van der Waals surface area contributed by atoms with Gasteiger partial charge in [-0.1, -0.05) is 30.3 Å². The summed E-state index contributed by atoms with van der Waals surface area (Å²) in [6.07, 6.45) is 0.822. The van der Waals surface area contributed by atoms with Crippen molar-refractivity contribution in [3.8, 4) is 11.1 Å². The Kier molecular flexibility index (Phi) is 4.36. The summed E-state index contributed by atoms with van der Waals surface area (Å²) in [5.41, 5.74) is 4.51. The van der Waals surface area contributed by atoms with E-state index in [0.717, 1.165) is 35.2 Å². The molecule has 2 aromatic carbocycles. The van der Waals surface area contributed by atoms with E-state index in [1.807, 2.05) is 37.4 Å². The molecule has 1 amide bonds. The molecule has 0 aromatic heterocycles. The van der Waals surface area contributed by atoms with Gasteiger partial charge in [-0.3, -0.25) is 4.79 Å². The molecule has 1 aliphatic heterocycles. The SMILES string of the molecule is CC(=O)Nc1c(C(=O)O)cc(-c2ccccc2)c2c1CN(C)CC2. The van der Waals surface area contributed by atoms with Crippen LogP contribution in [-0.2, 0) is 17.8 Å². The van der Waals surface area contributed by atoms with E-state index >= 15 is 0 Å². The van der Waals surface area contributed by atoms with Crippen LogP contribution in [0.2, 0.25) is 0 Å². The van der Waals surface area contributed by atoms with Gasteiger partial charge in [-0.25, -0.2) is 4.79 Å². The second-order valence-electron chi connectivity index (χ2n) is 6.14. The minimum Gasteiger partial charge on any atom is -0.478 e. The molecule has 0 atom stereocenters. The van der Waals surface area contributed by atoms with E-state index in [0.29, 0.717) is 12.2 Å². The normalized spacial score (nSPS) is 14.1. The third-order valence-electron chi connectivity index (χ3n) is 4.34. The molecule has 24 heavy (non-hydrogen) atoms. The second-order valence-corrected chi connectivity index (χ2v) is 6.14. The highest BCUT2D eigenvalue weighted by atomic mass is 16.4. The van der Waals surface area contributed by atoms with Crippen LogP contribution in [0.5, 0.6) is 0 Å². The molecular weight excluding hydrogens is 304 g/mol. The van der Waals surface area contributed by atoms with Gasteiger partial charge in [0.05, 0.1) is 11.3 Å². The summed E-state index contributed by atoms with van der Waals surface area (Å²) in [6.45, 7) is 2.92. The van der Waals surface area contributed by atoms with Crippen molar-refractivity contribution in [3.63, 3.8) is 0 Å². The standard InChI is InChI=1S/C19H20N2O3/c1-12(22)20-18-16(19(23)24)10-15(13-6-4-3-5-7-13)14-8-9-21(2)11-17(14)18/h3-7,10H,8-9,11H2,1-2H3,(H,20,22)(H,23,24). The monoisotopic (exact) mass is 324 g/mol. The number of hydrogen-bond donors (Lipinski definition) is 2. The molecule has 2 aromatic rings. The molecule has 0 saturated heterocycles. The van der Waals surface area contributed by atoms with E-state index < -0.39 is 5.97 Å². The number of fused-ring (bicyclic) bond motifs is 1. The number of carboxylic acids is 1. The minimum atomic E-state index is -1.04. The van der Waals surface area contributed by atoms with Crippen molar-refractivity contribution in [2.75, 3.05) is 18.9 Å². The van der Waals surface area contributed by atoms with Crippen molar-refractivity contribution in [1.82, 2.24) is 4.90 Å². The van der Waals surface area contributed by atoms with Crippen LogP contribution in [0.1, 0.15) is 28.4 Å². The summed E-state index contributed by atoms with van der Waals surface area (Å²) in [5.74, 6) is -1.30. The quantitative estimate of drug-likeness (QED) is 0.910. The number of anilines is 1. The predicted molar refractivity (Wildman–Crippen MR) is 93.2 cm³/mol. The van der Waals surface area contributed by atoms with E-state index in [1.165, 1.54) is 6.92 Å². The van der Waals surface area contributed by atoms with Crippen LogP contribution < -0.4 is 5.32 Å². The van der Waals surface area contributed by atoms with Gasteiger partial charge in [-0.05, 0) is 41.8 Å². The average Bonchev–Trinajstić information content (AvgIpc) is 2.55. The van der Waals surface area contributed by atoms with Crippen LogP contribution in [0.25, 0.3) is 11.1 Å². The predicted octanol–water partition coefficient (Wildman–Crippen LogP) is 3.00. The van der Waals surface area contributed by atoms with Gasteiger partial charge in [-0.2, -0.15) is 0 Å². The van der Waals surface area contributed by atoms with Crippen molar-refractivity contribution in [3.05, 3.63) is 53.1 Å². The number of rotatable bonds is 3. The zero-order valence-electron chi connectivity index (χ0n) is 13.8. The van der Waals surface area contributed by atoms with Crippen LogP contribution in [0.3, 0.4) is 0 Å². The Morgan fingerprint density at radius 2 is 1.88 bits per heavy atom. The molecule has 5 nitrogen and oxygen atoms in total. The van der Waals surface area contributed by atoms with E-state index in [-0.39, 0.29) is 11.5 Å². The first-order valence-corrected chi connectivity index (χ1v) is 7.91. The first-order valence-electron chi connectivity index (χ1n) is 7.91. The Labute approximate surface area is 140 Å². The number of amides is 1. The average molecular weight is 324 g/mol. The first kappa shape index (κ1) is 16.2. The van der Waals surface area contributed by atoms with Crippen LogP contribution in [-0.4, -0.2) is 35.5 Å². The number of aromatic carboxylic acids is 1. The Bertz CT molecular complexity index is 800. The molecule has 1 heterocycles. The number of carbonyl (C=O) groups excluding carboxylic acids is 1.